The molecule has 96 valence electrons. The van der Waals surface area contributed by atoms with Gasteiger partial charge in [-0.3, -0.25) is 0 Å². The van der Waals surface area contributed by atoms with Gasteiger partial charge in [0.05, 0.1) is 6.10 Å². The molecule has 0 aromatic heterocycles. The van der Waals surface area contributed by atoms with Crippen molar-refractivity contribution in [3.05, 3.63) is 0 Å². The summed E-state index contributed by atoms with van der Waals surface area (Å²) >= 11 is 3.65. The molecule has 0 N–H and O–H groups in total. The summed E-state index contributed by atoms with van der Waals surface area (Å²) in [6, 6.07) is 0. The Kier molecular flexibility index (Phi) is 5.75. The lowest BCUT2D eigenvalue weighted by Gasteiger charge is -2.38. The van der Waals surface area contributed by atoms with Crippen LogP contribution in [-0.4, -0.2) is 43.1 Å². The Balaban J connectivity index is 2.45. The minimum atomic E-state index is 0.378. The molecule has 1 aliphatic rings. The summed E-state index contributed by atoms with van der Waals surface area (Å²) in [5.74, 6) is 0.711. The molecule has 3 heteroatoms. The van der Waals surface area contributed by atoms with E-state index in [-0.39, 0.29) is 0 Å². The van der Waals surface area contributed by atoms with E-state index in [0.29, 0.717) is 17.4 Å². The van der Waals surface area contributed by atoms with Crippen LogP contribution in [0.25, 0.3) is 0 Å². The van der Waals surface area contributed by atoms with Crippen molar-refractivity contribution < 1.29 is 4.74 Å². The molecule has 0 bridgehead atoms. The molecule has 1 fully saturated rings. The van der Waals surface area contributed by atoms with Gasteiger partial charge in [-0.05, 0) is 30.7 Å². The van der Waals surface area contributed by atoms with E-state index < -0.39 is 0 Å². The molecule has 1 rings (SSSR count). The lowest BCUT2D eigenvalue weighted by molar-refractivity contribution is 0.0201. The summed E-state index contributed by atoms with van der Waals surface area (Å²) in [5.41, 5.74) is 0.378. The minimum absolute atomic E-state index is 0.378. The predicted octanol–water partition coefficient (Wildman–Crippen LogP) is 3.15. The molecule has 0 spiro atoms. The van der Waals surface area contributed by atoms with Crippen molar-refractivity contribution in [1.29, 1.82) is 0 Å². The molecule has 0 aromatic rings. The van der Waals surface area contributed by atoms with Crippen LogP contribution >= 0.6 is 15.9 Å². The topological polar surface area (TPSA) is 12.5 Å². The zero-order chi connectivity index (χ0) is 12.2. The highest BCUT2D eigenvalue weighted by Crippen LogP contribution is 2.29. The fourth-order valence-electron chi connectivity index (χ4n) is 2.24. The number of hydrogen-bond donors (Lipinski definition) is 0. The SMILES string of the molecule is COC1CCCN(CC(CBr)C(C)(C)C)C1. The van der Waals surface area contributed by atoms with E-state index in [0.717, 1.165) is 11.9 Å². The van der Waals surface area contributed by atoms with Crippen LogP contribution in [0.5, 0.6) is 0 Å². The molecular weight excluding hydrogens is 266 g/mol. The normalized spacial score (nSPS) is 25.7. The number of alkyl halides is 1. The van der Waals surface area contributed by atoms with Crippen molar-refractivity contribution in [3.8, 4) is 0 Å². The number of hydrogen-bond acceptors (Lipinski definition) is 2. The van der Waals surface area contributed by atoms with Gasteiger partial charge >= 0.3 is 0 Å². The number of rotatable bonds is 4. The van der Waals surface area contributed by atoms with Gasteiger partial charge in [0, 0.05) is 25.5 Å². The standard InChI is InChI=1S/C13H26BrNO/c1-13(2,3)11(8-14)9-15-7-5-6-12(10-15)16-4/h11-12H,5-10H2,1-4H3. The van der Waals surface area contributed by atoms with Crippen molar-refractivity contribution in [1.82, 2.24) is 4.90 Å². The largest absolute Gasteiger partial charge is 0.380 e. The summed E-state index contributed by atoms with van der Waals surface area (Å²) in [5, 5.41) is 1.09. The minimum Gasteiger partial charge on any atom is -0.380 e. The number of piperidine rings is 1. The van der Waals surface area contributed by atoms with Gasteiger partial charge in [-0.2, -0.15) is 0 Å². The van der Waals surface area contributed by atoms with Gasteiger partial charge in [0.2, 0.25) is 0 Å². The molecule has 0 radical (unpaired) electrons. The predicted molar refractivity (Wildman–Crippen MR) is 73.2 cm³/mol. The van der Waals surface area contributed by atoms with Crippen molar-refractivity contribution in [3.63, 3.8) is 0 Å². The van der Waals surface area contributed by atoms with Crippen LogP contribution in [0.3, 0.4) is 0 Å². The zero-order valence-electron chi connectivity index (χ0n) is 11.1. The third-order valence-electron chi connectivity index (χ3n) is 3.69. The van der Waals surface area contributed by atoms with Crippen LogP contribution < -0.4 is 0 Å². The average molecular weight is 292 g/mol. The van der Waals surface area contributed by atoms with Gasteiger partial charge < -0.3 is 9.64 Å². The average Bonchev–Trinajstić information content (AvgIpc) is 2.24. The van der Waals surface area contributed by atoms with E-state index in [4.69, 9.17) is 4.74 Å². The monoisotopic (exact) mass is 291 g/mol. The van der Waals surface area contributed by atoms with E-state index in [1.54, 1.807) is 0 Å². The van der Waals surface area contributed by atoms with E-state index >= 15 is 0 Å². The number of halogens is 1. The molecule has 16 heavy (non-hydrogen) atoms. The van der Waals surface area contributed by atoms with E-state index in [1.165, 1.54) is 25.9 Å². The first kappa shape index (κ1) is 14.5. The maximum atomic E-state index is 5.47. The van der Waals surface area contributed by atoms with Crippen molar-refractivity contribution >= 4 is 15.9 Å². The molecule has 1 saturated heterocycles. The van der Waals surface area contributed by atoms with Gasteiger partial charge in [0.25, 0.3) is 0 Å². The second-order valence-electron chi connectivity index (χ2n) is 5.98. The van der Waals surface area contributed by atoms with Gasteiger partial charge in [-0.1, -0.05) is 36.7 Å². The van der Waals surface area contributed by atoms with E-state index in [9.17, 15) is 0 Å². The fourth-order valence-corrected chi connectivity index (χ4v) is 3.41. The summed E-state index contributed by atoms with van der Waals surface area (Å²) in [6.07, 6.45) is 2.95. The Labute approximate surface area is 109 Å². The Morgan fingerprint density at radius 3 is 2.62 bits per heavy atom. The molecule has 0 saturated carbocycles. The first-order chi connectivity index (χ1) is 7.47. The quantitative estimate of drug-likeness (QED) is 0.738. The van der Waals surface area contributed by atoms with Crippen molar-refractivity contribution in [2.24, 2.45) is 11.3 Å². The maximum absolute atomic E-state index is 5.47. The number of ether oxygens (including phenoxy) is 1. The zero-order valence-corrected chi connectivity index (χ0v) is 12.7. The highest BCUT2D eigenvalue weighted by Gasteiger charge is 2.28. The molecule has 2 nitrogen and oxygen atoms in total. The van der Waals surface area contributed by atoms with Crippen LogP contribution in [0.1, 0.15) is 33.6 Å². The van der Waals surface area contributed by atoms with Crippen LogP contribution in [0, 0.1) is 11.3 Å². The van der Waals surface area contributed by atoms with E-state index in [1.807, 2.05) is 7.11 Å². The molecule has 1 heterocycles. The van der Waals surface area contributed by atoms with Crippen LogP contribution in [0.4, 0.5) is 0 Å². The van der Waals surface area contributed by atoms with Crippen molar-refractivity contribution in [2.75, 3.05) is 32.1 Å². The highest BCUT2D eigenvalue weighted by molar-refractivity contribution is 9.09. The molecular formula is C13H26BrNO. The Hall–Kier alpha value is 0.400. The molecule has 0 aromatic carbocycles. The summed E-state index contributed by atoms with van der Waals surface area (Å²) in [7, 11) is 1.83. The first-order valence-corrected chi connectivity index (χ1v) is 7.40. The second-order valence-corrected chi connectivity index (χ2v) is 6.62. The van der Waals surface area contributed by atoms with Gasteiger partial charge in [-0.15, -0.1) is 0 Å². The van der Waals surface area contributed by atoms with E-state index in [2.05, 4.69) is 41.6 Å². The summed E-state index contributed by atoms with van der Waals surface area (Å²) < 4.78 is 5.47. The molecule has 0 amide bonds. The van der Waals surface area contributed by atoms with Gasteiger partial charge in [-0.25, -0.2) is 0 Å². The second kappa shape index (κ2) is 6.36. The number of likely N-dealkylation sites (tertiary alicyclic amines) is 1. The molecule has 2 atom stereocenters. The number of nitrogens with zero attached hydrogens (tertiary/aromatic N) is 1. The Bertz CT molecular complexity index is 203. The molecule has 2 unspecified atom stereocenters. The highest BCUT2D eigenvalue weighted by atomic mass is 79.9. The molecule has 1 aliphatic heterocycles. The summed E-state index contributed by atoms with van der Waals surface area (Å²) in [6.45, 7) is 10.5. The van der Waals surface area contributed by atoms with Crippen LogP contribution in [0.2, 0.25) is 0 Å². The maximum Gasteiger partial charge on any atom is 0.0698 e. The smallest absolute Gasteiger partial charge is 0.0698 e. The third-order valence-corrected chi connectivity index (χ3v) is 4.47. The van der Waals surface area contributed by atoms with Gasteiger partial charge in [0.15, 0.2) is 0 Å². The lowest BCUT2D eigenvalue weighted by Crippen LogP contribution is -2.44. The Morgan fingerprint density at radius 2 is 2.12 bits per heavy atom. The summed E-state index contributed by atoms with van der Waals surface area (Å²) in [4.78, 5) is 2.56. The van der Waals surface area contributed by atoms with Crippen LogP contribution in [0.15, 0.2) is 0 Å². The van der Waals surface area contributed by atoms with Gasteiger partial charge in [0.1, 0.15) is 0 Å². The molecule has 0 aliphatic carbocycles. The third kappa shape index (κ3) is 4.34. The fraction of sp³-hybridized carbons (Fsp3) is 1.00. The Morgan fingerprint density at radius 1 is 1.44 bits per heavy atom. The van der Waals surface area contributed by atoms with Crippen LogP contribution in [-0.2, 0) is 4.74 Å². The lowest BCUT2D eigenvalue weighted by atomic mass is 9.81. The van der Waals surface area contributed by atoms with Crippen molar-refractivity contribution in [2.45, 2.75) is 39.7 Å². The first-order valence-electron chi connectivity index (χ1n) is 6.28. The number of methoxy groups -OCH3 is 1.